The van der Waals surface area contributed by atoms with Crippen LogP contribution in [-0.4, -0.2) is 52.9 Å². The van der Waals surface area contributed by atoms with Crippen molar-refractivity contribution in [3.8, 4) is 0 Å². The SMILES string of the molecule is CCCN(C(=O)C(CCC(N)=O)NC(=O)OC(C)(C)C)C(C(=O)NC(C)C)c1ccccc1C. The van der Waals surface area contributed by atoms with E-state index in [-0.39, 0.29) is 31.3 Å². The number of alkyl carbamates (subject to hydrolysis) is 1. The zero-order valence-corrected chi connectivity index (χ0v) is 21.4. The van der Waals surface area contributed by atoms with Crippen molar-refractivity contribution >= 4 is 23.8 Å². The van der Waals surface area contributed by atoms with E-state index in [4.69, 9.17) is 10.5 Å². The summed E-state index contributed by atoms with van der Waals surface area (Å²) in [6, 6.07) is 5.24. The van der Waals surface area contributed by atoms with Crippen LogP contribution in [0.4, 0.5) is 4.79 Å². The first kappa shape index (κ1) is 28.9. The second-order valence-electron chi connectivity index (χ2n) is 9.66. The van der Waals surface area contributed by atoms with Gasteiger partial charge in [0.25, 0.3) is 0 Å². The van der Waals surface area contributed by atoms with Gasteiger partial charge < -0.3 is 26.0 Å². The van der Waals surface area contributed by atoms with Crippen LogP contribution in [0.5, 0.6) is 0 Å². The molecule has 0 aliphatic heterocycles. The van der Waals surface area contributed by atoms with E-state index in [1.165, 1.54) is 4.90 Å². The Morgan fingerprint density at radius 1 is 1.09 bits per heavy atom. The van der Waals surface area contributed by atoms with E-state index >= 15 is 0 Å². The number of nitrogens with two attached hydrogens (primary N) is 1. The van der Waals surface area contributed by atoms with Gasteiger partial charge in [-0.25, -0.2) is 4.79 Å². The number of nitrogens with one attached hydrogen (secondary N) is 2. The van der Waals surface area contributed by atoms with E-state index in [9.17, 15) is 19.2 Å². The minimum absolute atomic E-state index is 0.0140. The van der Waals surface area contributed by atoms with Gasteiger partial charge in [-0.2, -0.15) is 0 Å². The fourth-order valence-electron chi connectivity index (χ4n) is 3.51. The lowest BCUT2D eigenvalue weighted by Gasteiger charge is -2.35. The number of hydrogen-bond donors (Lipinski definition) is 3. The Morgan fingerprint density at radius 2 is 1.71 bits per heavy atom. The van der Waals surface area contributed by atoms with E-state index in [1.807, 2.05) is 52.0 Å². The number of aryl methyl sites for hydroxylation is 1. The van der Waals surface area contributed by atoms with Crippen molar-refractivity contribution in [2.24, 2.45) is 5.73 Å². The molecule has 0 aromatic heterocycles. The van der Waals surface area contributed by atoms with Crippen molar-refractivity contribution in [1.82, 2.24) is 15.5 Å². The van der Waals surface area contributed by atoms with Crippen LogP contribution in [0, 0.1) is 6.92 Å². The number of ether oxygens (including phenoxy) is 1. The van der Waals surface area contributed by atoms with Crippen LogP contribution in [0.2, 0.25) is 0 Å². The molecule has 190 valence electrons. The molecule has 1 aromatic rings. The molecule has 0 aliphatic rings. The van der Waals surface area contributed by atoms with Crippen molar-refractivity contribution < 1.29 is 23.9 Å². The molecule has 1 aromatic carbocycles. The zero-order valence-electron chi connectivity index (χ0n) is 21.4. The fourth-order valence-corrected chi connectivity index (χ4v) is 3.51. The monoisotopic (exact) mass is 476 g/mol. The molecule has 9 heteroatoms. The van der Waals surface area contributed by atoms with Gasteiger partial charge in [-0.15, -0.1) is 0 Å². The maximum Gasteiger partial charge on any atom is 0.408 e. The van der Waals surface area contributed by atoms with Gasteiger partial charge in [0.05, 0.1) is 0 Å². The van der Waals surface area contributed by atoms with Crippen LogP contribution in [-0.2, 0) is 19.1 Å². The molecule has 0 bridgehead atoms. The van der Waals surface area contributed by atoms with E-state index < -0.39 is 35.6 Å². The molecule has 0 aliphatic carbocycles. The Hall–Kier alpha value is -3.10. The molecule has 34 heavy (non-hydrogen) atoms. The lowest BCUT2D eigenvalue weighted by Crippen LogP contribution is -2.54. The Balaban J connectivity index is 3.43. The number of carbonyl (C=O) groups is 4. The summed E-state index contributed by atoms with van der Waals surface area (Å²) in [5.41, 5.74) is 6.08. The average Bonchev–Trinajstić information content (AvgIpc) is 2.69. The third-order valence-corrected chi connectivity index (χ3v) is 4.89. The standard InChI is InChI=1S/C25H40N4O5/c1-8-15-29(21(22(31)27-16(2)3)18-12-10-9-11-17(18)4)23(32)19(13-14-20(26)30)28-24(33)34-25(5,6)7/h9-12,16,19,21H,8,13-15H2,1-7H3,(H2,26,30)(H,27,31)(H,28,33). The van der Waals surface area contributed by atoms with Gasteiger partial charge in [0, 0.05) is 19.0 Å². The van der Waals surface area contributed by atoms with Crippen molar-refractivity contribution in [2.75, 3.05) is 6.54 Å². The average molecular weight is 477 g/mol. The number of hydrogen-bond acceptors (Lipinski definition) is 5. The van der Waals surface area contributed by atoms with Crippen molar-refractivity contribution in [1.29, 1.82) is 0 Å². The van der Waals surface area contributed by atoms with Gasteiger partial charge in [-0.1, -0.05) is 31.2 Å². The lowest BCUT2D eigenvalue weighted by molar-refractivity contribution is -0.143. The largest absolute Gasteiger partial charge is 0.444 e. The summed E-state index contributed by atoms with van der Waals surface area (Å²) in [6.07, 6.45) is -0.331. The maximum atomic E-state index is 13.8. The van der Waals surface area contributed by atoms with Gasteiger partial charge >= 0.3 is 6.09 Å². The maximum absolute atomic E-state index is 13.8. The van der Waals surface area contributed by atoms with Crippen LogP contribution in [0.1, 0.15) is 78.0 Å². The van der Waals surface area contributed by atoms with E-state index in [2.05, 4.69) is 10.6 Å². The highest BCUT2D eigenvalue weighted by molar-refractivity contribution is 5.92. The molecule has 0 radical (unpaired) electrons. The molecular formula is C25H40N4O5. The van der Waals surface area contributed by atoms with E-state index in [1.54, 1.807) is 20.8 Å². The van der Waals surface area contributed by atoms with E-state index in [0.717, 1.165) is 5.56 Å². The fraction of sp³-hybridized carbons (Fsp3) is 0.600. The summed E-state index contributed by atoms with van der Waals surface area (Å²) in [5, 5.41) is 5.48. The van der Waals surface area contributed by atoms with Crippen LogP contribution < -0.4 is 16.4 Å². The molecule has 0 fully saturated rings. The topological polar surface area (TPSA) is 131 Å². The third-order valence-electron chi connectivity index (χ3n) is 4.89. The minimum Gasteiger partial charge on any atom is -0.444 e. The molecule has 0 saturated carbocycles. The van der Waals surface area contributed by atoms with Gasteiger partial charge in [-0.05, 0) is 65.5 Å². The normalized spacial score (nSPS) is 13.1. The highest BCUT2D eigenvalue weighted by atomic mass is 16.6. The third kappa shape index (κ3) is 9.41. The minimum atomic E-state index is -1.09. The van der Waals surface area contributed by atoms with Crippen LogP contribution >= 0.6 is 0 Å². The number of rotatable bonds is 11. The Labute approximate surface area is 202 Å². The zero-order chi connectivity index (χ0) is 26.1. The number of carbonyl (C=O) groups excluding carboxylic acids is 4. The van der Waals surface area contributed by atoms with Crippen LogP contribution in [0.25, 0.3) is 0 Å². The highest BCUT2D eigenvalue weighted by Crippen LogP contribution is 2.26. The first-order valence-electron chi connectivity index (χ1n) is 11.7. The van der Waals surface area contributed by atoms with Crippen molar-refractivity contribution in [2.45, 2.75) is 91.5 Å². The highest BCUT2D eigenvalue weighted by Gasteiger charge is 2.36. The summed E-state index contributed by atoms with van der Waals surface area (Å²) < 4.78 is 5.31. The first-order chi connectivity index (χ1) is 15.8. The van der Waals surface area contributed by atoms with Gasteiger partial charge in [0.15, 0.2) is 0 Å². The molecule has 1 rings (SSSR count). The number of benzene rings is 1. The smallest absolute Gasteiger partial charge is 0.408 e. The molecule has 0 heterocycles. The van der Waals surface area contributed by atoms with E-state index in [0.29, 0.717) is 12.0 Å². The second kappa shape index (κ2) is 13.0. The summed E-state index contributed by atoms with van der Waals surface area (Å²) in [6.45, 7) is 12.9. The van der Waals surface area contributed by atoms with Crippen LogP contribution in [0.3, 0.4) is 0 Å². The molecular weight excluding hydrogens is 436 g/mol. The summed E-state index contributed by atoms with van der Waals surface area (Å²) in [5.74, 6) is -1.41. The Bertz CT molecular complexity index is 863. The lowest BCUT2D eigenvalue weighted by atomic mass is 9.97. The van der Waals surface area contributed by atoms with Gasteiger partial charge in [0.2, 0.25) is 17.7 Å². The number of nitrogens with zero attached hydrogens (tertiary/aromatic N) is 1. The van der Waals surface area contributed by atoms with Gasteiger partial charge in [0.1, 0.15) is 17.7 Å². The molecule has 0 saturated heterocycles. The van der Waals surface area contributed by atoms with Crippen LogP contribution in [0.15, 0.2) is 24.3 Å². The summed E-state index contributed by atoms with van der Waals surface area (Å²) in [4.78, 5) is 52.5. The molecule has 4 amide bonds. The van der Waals surface area contributed by atoms with Gasteiger partial charge in [-0.3, -0.25) is 14.4 Å². The predicted molar refractivity (Wildman–Crippen MR) is 131 cm³/mol. The number of amides is 4. The van der Waals surface area contributed by atoms with Crippen molar-refractivity contribution in [3.05, 3.63) is 35.4 Å². The predicted octanol–water partition coefficient (Wildman–Crippen LogP) is 2.96. The Kier molecular flexibility index (Phi) is 11.0. The summed E-state index contributed by atoms with van der Waals surface area (Å²) in [7, 11) is 0. The van der Waals surface area contributed by atoms with Crippen molar-refractivity contribution in [3.63, 3.8) is 0 Å². The summed E-state index contributed by atoms with van der Waals surface area (Å²) >= 11 is 0. The first-order valence-corrected chi connectivity index (χ1v) is 11.7. The quantitative estimate of drug-likeness (QED) is 0.452. The number of primary amides is 1. The molecule has 4 N–H and O–H groups in total. The molecule has 0 spiro atoms. The molecule has 2 atom stereocenters. The molecule has 9 nitrogen and oxygen atoms in total. The Morgan fingerprint density at radius 3 is 2.21 bits per heavy atom. The second-order valence-corrected chi connectivity index (χ2v) is 9.66. The molecule has 2 unspecified atom stereocenters.